The Bertz CT molecular complexity index is 604. The Labute approximate surface area is 156 Å². The van der Waals surface area contributed by atoms with E-state index in [-0.39, 0.29) is 11.3 Å². The van der Waals surface area contributed by atoms with Gasteiger partial charge in [0.25, 0.3) is 0 Å². The van der Waals surface area contributed by atoms with Gasteiger partial charge in [-0.25, -0.2) is 0 Å². The second-order valence-corrected chi connectivity index (χ2v) is 7.56. The number of carbonyl (C=O) groups is 1. The summed E-state index contributed by atoms with van der Waals surface area (Å²) in [6.45, 7) is 7.05. The molecule has 6 nitrogen and oxygen atoms in total. The van der Waals surface area contributed by atoms with Crippen molar-refractivity contribution in [3.05, 3.63) is 23.8 Å². The van der Waals surface area contributed by atoms with Crippen LogP contribution >= 0.6 is 0 Å². The van der Waals surface area contributed by atoms with Crippen LogP contribution in [0.15, 0.2) is 18.2 Å². The third-order valence-electron chi connectivity index (χ3n) is 5.41. The van der Waals surface area contributed by atoms with Crippen molar-refractivity contribution < 1.29 is 19.0 Å². The zero-order valence-corrected chi connectivity index (χ0v) is 16.6. The normalized spacial score (nSPS) is 16.8. The summed E-state index contributed by atoms with van der Waals surface area (Å²) in [4.78, 5) is 13.0. The van der Waals surface area contributed by atoms with Crippen molar-refractivity contribution in [2.75, 3.05) is 47.6 Å². The van der Waals surface area contributed by atoms with Gasteiger partial charge in [-0.05, 0) is 57.5 Å². The SMILES string of the molecule is COCC1(CNC(=O)C(C)(C)c2ccc(OC)c(OC)c2)CCNCC1. The first kappa shape index (κ1) is 20.5. The Morgan fingerprint density at radius 2 is 1.81 bits per heavy atom. The first-order valence-corrected chi connectivity index (χ1v) is 9.09. The predicted molar refractivity (Wildman–Crippen MR) is 102 cm³/mol. The zero-order chi connectivity index (χ0) is 19.2. The Morgan fingerprint density at radius 1 is 1.15 bits per heavy atom. The van der Waals surface area contributed by atoms with E-state index in [9.17, 15) is 4.79 Å². The van der Waals surface area contributed by atoms with Crippen LogP contribution in [-0.4, -0.2) is 53.5 Å². The lowest BCUT2D eigenvalue weighted by molar-refractivity contribution is -0.126. The van der Waals surface area contributed by atoms with Gasteiger partial charge in [-0.2, -0.15) is 0 Å². The number of carbonyl (C=O) groups excluding carboxylic acids is 1. The summed E-state index contributed by atoms with van der Waals surface area (Å²) in [5, 5.41) is 6.54. The maximum absolute atomic E-state index is 13.0. The summed E-state index contributed by atoms with van der Waals surface area (Å²) in [7, 11) is 4.92. The van der Waals surface area contributed by atoms with Crippen LogP contribution in [-0.2, 0) is 14.9 Å². The summed E-state index contributed by atoms with van der Waals surface area (Å²) in [5.41, 5.74) is 0.211. The van der Waals surface area contributed by atoms with Gasteiger partial charge < -0.3 is 24.8 Å². The molecule has 6 heteroatoms. The van der Waals surface area contributed by atoms with Crippen LogP contribution in [0, 0.1) is 5.41 Å². The molecule has 0 aliphatic carbocycles. The number of ether oxygens (including phenoxy) is 3. The fourth-order valence-corrected chi connectivity index (χ4v) is 3.48. The summed E-state index contributed by atoms with van der Waals surface area (Å²) < 4.78 is 16.1. The summed E-state index contributed by atoms with van der Waals surface area (Å²) in [6.07, 6.45) is 2.00. The molecule has 2 rings (SSSR count). The van der Waals surface area contributed by atoms with Gasteiger partial charge in [0.05, 0.1) is 26.2 Å². The summed E-state index contributed by atoms with van der Waals surface area (Å²) >= 11 is 0. The molecule has 1 fully saturated rings. The van der Waals surface area contributed by atoms with Crippen LogP contribution in [0.2, 0.25) is 0 Å². The molecular formula is C20H32N2O4. The lowest BCUT2D eigenvalue weighted by Crippen LogP contribution is -2.50. The van der Waals surface area contributed by atoms with Crippen molar-refractivity contribution in [1.82, 2.24) is 10.6 Å². The van der Waals surface area contributed by atoms with E-state index < -0.39 is 5.41 Å². The molecule has 0 aromatic heterocycles. The highest BCUT2D eigenvalue weighted by molar-refractivity contribution is 5.87. The van der Waals surface area contributed by atoms with E-state index in [1.807, 2.05) is 32.0 Å². The highest BCUT2D eigenvalue weighted by atomic mass is 16.5. The van der Waals surface area contributed by atoms with E-state index in [1.165, 1.54) is 0 Å². The number of amides is 1. The fraction of sp³-hybridized carbons (Fsp3) is 0.650. The first-order chi connectivity index (χ1) is 12.4. The lowest BCUT2D eigenvalue weighted by atomic mass is 9.78. The molecule has 1 aliphatic heterocycles. The largest absolute Gasteiger partial charge is 0.493 e. The van der Waals surface area contributed by atoms with Crippen molar-refractivity contribution in [1.29, 1.82) is 0 Å². The van der Waals surface area contributed by atoms with Crippen LogP contribution in [0.4, 0.5) is 0 Å². The standard InChI is InChI=1S/C20H32N2O4/c1-19(2,15-6-7-16(25-4)17(12-15)26-5)18(23)22-13-20(14-24-3)8-10-21-11-9-20/h6-7,12,21H,8-11,13-14H2,1-5H3,(H,22,23). The minimum Gasteiger partial charge on any atom is -0.493 e. The van der Waals surface area contributed by atoms with Gasteiger partial charge in [0, 0.05) is 19.1 Å². The minimum absolute atomic E-state index is 0.00118. The number of hydrogen-bond donors (Lipinski definition) is 2. The third-order valence-corrected chi connectivity index (χ3v) is 5.41. The van der Waals surface area contributed by atoms with E-state index >= 15 is 0 Å². The highest BCUT2D eigenvalue weighted by Gasteiger charge is 2.36. The minimum atomic E-state index is -0.680. The predicted octanol–water partition coefficient (Wildman–Crippen LogP) is 2.11. The van der Waals surface area contributed by atoms with E-state index in [4.69, 9.17) is 14.2 Å². The summed E-state index contributed by atoms with van der Waals surface area (Å²) in [6, 6.07) is 5.62. The quantitative estimate of drug-likeness (QED) is 0.739. The number of benzene rings is 1. The highest BCUT2D eigenvalue weighted by Crippen LogP contribution is 2.34. The van der Waals surface area contributed by atoms with Crippen LogP contribution in [0.25, 0.3) is 0 Å². The van der Waals surface area contributed by atoms with Crippen LogP contribution in [0.3, 0.4) is 0 Å². The molecule has 146 valence electrons. The van der Waals surface area contributed by atoms with Gasteiger partial charge >= 0.3 is 0 Å². The van der Waals surface area contributed by atoms with E-state index in [1.54, 1.807) is 21.3 Å². The Kier molecular flexibility index (Phi) is 6.89. The molecule has 0 saturated carbocycles. The molecule has 2 N–H and O–H groups in total. The number of piperidine rings is 1. The number of rotatable bonds is 8. The zero-order valence-electron chi connectivity index (χ0n) is 16.6. The first-order valence-electron chi connectivity index (χ1n) is 9.09. The van der Waals surface area contributed by atoms with E-state index in [2.05, 4.69) is 10.6 Å². The molecule has 26 heavy (non-hydrogen) atoms. The molecule has 0 spiro atoms. The van der Waals surface area contributed by atoms with Crippen LogP contribution in [0.1, 0.15) is 32.3 Å². The smallest absolute Gasteiger partial charge is 0.230 e. The molecule has 1 aromatic carbocycles. The Morgan fingerprint density at radius 3 is 2.38 bits per heavy atom. The summed E-state index contributed by atoms with van der Waals surface area (Å²) in [5.74, 6) is 1.28. The molecular weight excluding hydrogens is 332 g/mol. The van der Waals surface area contributed by atoms with Crippen molar-refractivity contribution >= 4 is 5.91 Å². The van der Waals surface area contributed by atoms with Crippen LogP contribution < -0.4 is 20.1 Å². The molecule has 1 heterocycles. The molecule has 1 amide bonds. The lowest BCUT2D eigenvalue weighted by Gasteiger charge is -2.38. The maximum Gasteiger partial charge on any atom is 0.230 e. The molecule has 1 saturated heterocycles. The number of nitrogens with one attached hydrogen (secondary N) is 2. The van der Waals surface area contributed by atoms with Gasteiger partial charge in [-0.15, -0.1) is 0 Å². The molecule has 0 radical (unpaired) electrons. The van der Waals surface area contributed by atoms with Crippen molar-refractivity contribution in [3.8, 4) is 11.5 Å². The van der Waals surface area contributed by atoms with Gasteiger partial charge in [0.1, 0.15) is 0 Å². The second-order valence-electron chi connectivity index (χ2n) is 7.56. The monoisotopic (exact) mass is 364 g/mol. The molecule has 1 aromatic rings. The van der Waals surface area contributed by atoms with E-state index in [0.717, 1.165) is 31.5 Å². The third kappa shape index (κ3) is 4.48. The molecule has 0 atom stereocenters. The Balaban J connectivity index is 2.11. The van der Waals surface area contributed by atoms with E-state index in [0.29, 0.717) is 24.7 Å². The Hall–Kier alpha value is -1.79. The average molecular weight is 364 g/mol. The van der Waals surface area contributed by atoms with Crippen molar-refractivity contribution in [2.24, 2.45) is 5.41 Å². The average Bonchev–Trinajstić information content (AvgIpc) is 2.66. The fourth-order valence-electron chi connectivity index (χ4n) is 3.48. The topological polar surface area (TPSA) is 68.8 Å². The number of methoxy groups -OCH3 is 3. The van der Waals surface area contributed by atoms with Crippen molar-refractivity contribution in [2.45, 2.75) is 32.1 Å². The van der Waals surface area contributed by atoms with Gasteiger partial charge in [-0.1, -0.05) is 6.07 Å². The molecule has 1 aliphatic rings. The number of hydrogen-bond acceptors (Lipinski definition) is 5. The molecule has 0 bridgehead atoms. The van der Waals surface area contributed by atoms with Crippen LogP contribution in [0.5, 0.6) is 11.5 Å². The van der Waals surface area contributed by atoms with Gasteiger partial charge in [0.15, 0.2) is 11.5 Å². The molecule has 0 unspecified atom stereocenters. The van der Waals surface area contributed by atoms with Gasteiger partial charge in [-0.3, -0.25) is 4.79 Å². The maximum atomic E-state index is 13.0. The van der Waals surface area contributed by atoms with Crippen molar-refractivity contribution in [3.63, 3.8) is 0 Å². The van der Waals surface area contributed by atoms with Gasteiger partial charge in [0.2, 0.25) is 5.91 Å². The second kappa shape index (κ2) is 8.73.